The molecule has 0 saturated carbocycles. The minimum Gasteiger partial charge on any atom is -0.351 e. The highest BCUT2D eigenvalue weighted by Gasteiger charge is 2.14. The Bertz CT molecular complexity index is 1650. The molecule has 0 aliphatic heterocycles. The predicted octanol–water partition coefficient (Wildman–Crippen LogP) is 3.97. The molecule has 0 aliphatic rings. The van der Waals surface area contributed by atoms with E-state index in [-0.39, 0.29) is 16.7 Å². The lowest BCUT2D eigenvalue weighted by molar-refractivity contribution is -0.126. The van der Waals surface area contributed by atoms with Crippen LogP contribution >= 0.6 is 0 Å². The van der Waals surface area contributed by atoms with Crippen LogP contribution in [0, 0.1) is 0 Å². The summed E-state index contributed by atoms with van der Waals surface area (Å²) in [6.07, 6.45) is 3.87. The van der Waals surface area contributed by atoms with Gasteiger partial charge in [-0.15, -0.1) is 0 Å². The molecule has 4 aromatic rings. The molecule has 4 rings (SSSR count). The van der Waals surface area contributed by atoms with Crippen LogP contribution in [0.1, 0.15) is 27.0 Å². The van der Waals surface area contributed by atoms with Gasteiger partial charge in [0.25, 0.3) is 5.91 Å². The Kier molecular flexibility index (Phi) is 10.4. The van der Waals surface area contributed by atoms with Crippen LogP contribution in [0.25, 0.3) is 17.2 Å². The number of nitrogens with two attached hydrogens (primary N) is 2. The highest BCUT2D eigenvalue weighted by atomic mass is 32.2. The third-order valence-electron chi connectivity index (χ3n) is 6.64. The Morgan fingerprint density at radius 1 is 0.810 bits per heavy atom. The van der Waals surface area contributed by atoms with Crippen LogP contribution in [0.5, 0.6) is 0 Å². The molecule has 9 heteroatoms. The van der Waals surface area contributed by atoms with Crippen molar-refractivity contribution in [2.45, 2.75) is 17.9 Å². The SMILES string of the molecule is NCCNC(=O)c1cccc(-c2cccc(CN(CCc3ccc(S(N)(=O)=O)cc3)C(=O)C=Cc3ccccc3)c2)c1. The number of primary sulfonamides is 1. The van der Waals surface area contributed by atoms with Gasteiger partial charge in [0.2, 0.25) is 15.9 Å². The number of carbonyl (C=O) groups excluding carboxylic acids is 2. The van der Waals surface area contributed by atoms with Gasteiger partial charge in [-0.1, -0.05) is 72.8 Å². The van der Waals surface area contributed by atoms with Crippen LogP contribution < -0.4 is 16.2 Å². The van der Waals surface area contributed by atoms with Crippen LogP contribution in [0.3, 0.4) is 0 Å². The van der Waals surface area contributed by atoms with Crippen molar-refractivity contribution < 1.29 is 18.0 Å². The van der Waals surface area contributed by atoms with Crippen LogP contribution in [0.15, 0.2) is 114 Å². The van der Waals surface area contributed by atoms with Gasteiger partial charge >= 0.3 is 0 Å². The van der Waals surface area contributed by atoms with Crippen LogP contribution in [0.2, 0.25) is 0 Å². The summed E-state index contributed by atoms with van der Waals surface area (Å²) in [5, 5.41) is 8.01. The van der Waals surface area contributed by atoms with Gasteiger partial charge < -0.3 is 16.0 Å². The van der Waals surface area contributed by atoms with E-state index in [2.05, 4.69) is 5.32 Å². The van der Waals surface area contributed by atoms with E-state index in [1.165, 1.54) is 12.1 Å². The zero-order valence-electron chi connectivity index (χ0n) is 23.1. The summed E-state index contributed by atoms with van der Waals surface area (Å²) in [4.78, 5) is 27.6. The van der Waals surface area contributed by atoms with Crippen molar-refractivity contribution >= 4 is 27.9 Å². The Hall–Kier alpha value is -4.57. The average Bonchev–Trinajstić information content (AvgIpc) is 3.01. The van der Waals surface area contributed by atoms with Gasteiger partial charge in [-0.2, -0.15) is 0 Å². The zero-order chi connectivity index (χ0) is 30.0. The lowest BCUT2D eigenvalue weighted by Crippen LogP contribution is -2.31. The van der Waals surface area contributed by atoms with Crippen molar-refractivity contribution in [1.29, 1.82) is 0 Å². The summed E-state index contributed by atoms with van der Waals surface area (Å²) >= 11 is 0. The summed E-state index contributed by atoms with van der Waals surface area (Å²) in [6, 6.07) is 31.2. The number of hydrogen-bond acceptors (Lipinski definition) is 5. The summed E-state index contributed by atoms with van der Waals surface area (Å²) in [7, 11) is -3.78. The molecule has 0 aliphatic carbocycles. The van der Waals surface area contributed by atoms with Crippen molar-refractivity contribution in [2.75, 3.05) is 19.6 Å². The molecule has 2 amide bonds. The molecule has 5 N–H and O–H groups in total. The number of amides is 2. The first-order valence-electron chi connectivity index (χ1n) is 13.5. The van der Waals surface area contributed by atoms with Crippen molar-refractivity contribution in [2.24, 2.45) is 10.9 Å². The topological polar surface area (TPSA) is 136 Å². The molecule has 8 nitrogen and oxygen atoms in total. The van der Waals surface area contributed by atoms with Gasteiger partial charge in [0, 0.05) is 37.8 Å². The predicted molar refractivity (Wildman–Crippen MR) is 166 cm³/mol. The molecule has 0 radical (unpaired) electrons. The molecule has 0 spiro atoms. The monoisotopic (exact) mass is 582 g/mol. The third kappa shape index (κ3) is 8.71. The molecule has 0 atom stereocenters. The number of nitrogens with one attached hydrogen (secondary N) is 1. The molecule has 216 valence electrons. The number of rotatable bonds is 12. The molecule has 4 aromatic carbocycles. The van der Waals surface area contributed by atoms with Gasteiger partial charge in [-0.3, -0.25) is 9.59 Å². The maximum Gasteiger partial charge on any atom is 0.251 e. The summed E-state index contributed by atoms with van der Waals surface area (Å²) < 4.78 is 23.2. The molecule has 42 heavy (non-hydrogen) atoms. The number of carbonyl (C=O) groups is 2. The van der Waals surface area contributed by atoms with E-state index < -0.39 is 10.0 Å². The van der Waals surface area contributed by atoms with Gasteiger partial charge in [-0.25, -0.2) is 13.6 Å². The lowest BCUT2D eigenvalue weighted by Gasteiger charge is -2.22. The first-order valence-corrected chi connectivity index (χ1v) is 15.1. The highest BCUT2D eigenvalue weighted by molar-refractivity contribution is 7.89. The highest BCUT2D eigenvalue weighted by Crippen LogP contribution is 2.23. The fraction of sp³-hybridized carbons (Fsp3) is 0.152. The van der Waals surface area contributed by atoms with Gasteiger partial charge in [0.05, 0.1) is 4.90 Å². The molecule has 0 aromatic heterocycles. The fourth-order valence-electron chi connectivity index (χ4n) is 4.41. The van der Waals surface area contributed by atoms with Crippen molar-refractivity contribution in [1.82, 2.24) is 10.2 Å². The van der Waals surface area contributed by atoms with E-state index >= 15 is 0 Å². The molecule has 0 fully saturated rings. The number of benzene rings is 4. The second kappa shape index (κ2) is 14.4. The smallest absolute Gasteiger partial charge is 0.251 e. The maximum absolute atomic E-state index is 13.4. The van der Waals surface area contributed by atoms with E-state index in [0.29, 0.717) is 38.2 Å². The fourth-order valence-corrected chi connectivity index (χ4v) is 4.93. The first kappa shape index (κ1) is 30.4. The normalized spacial score (nSPS) is 11.4. The van der Waals surface area contributed by atoms with E-state index in [4.69, 9.17) is 10.9 Å². The quantitative estimate of drug-likeness (QED) is 0.217. The van der Waals surface area contributed by atoms with Crippen LogP contribution in [-0.4, -0.2) is 44.8 Å². The average molecular weight is 583 g/mol. The standard InChI is InChI=1S/C33H34N4O4S/c34-19-20-36-33(39)30-11-5-10-29(23-30)28-9-4-8-27(22-28)24-37(32(38)17-14-25-6-2-1-3-7-25)21-18-26-12-15-31(16-13-26)42(35,40)41/h1-17,22-23H,18-21,24,34H2,(H,36,39)(H2,35,40,41). The number of nitrogens with zero attached hydrogens (tertiary/aromatic N) is 1. The Morgan fingerprint density at radius 3 is 2.19 bits per heavy atom. The largest absolute Gasteiger partial charge is 0.351 e. The number of sulfonamides is 1. The van der Waals surface area contributed by atoms with Crippen LogP contribution in [-0.2, 0) is 27.8 Å². The second-order valence-electron chi connectivity index (χ2n) is 9.77. The molecular weight excluding hydrogens is 548 g/mol. The molecule has 0 bridgehead atoms. The second-order valence-corrected chi connectivity index (χ2v) is 11.3. The molecule has 0 saturated heterocycles. The minimum atomic E-state index is -3.78. The van der Waals surface area contributed by atoms with Gasteiger partial charge in [0.15, 0.2) is 0 Å². The summed E-state index contributed by atoms with van der Waals surface area (Å²) in [6.45, 7) is 1.53. The van der Waals surface area contributed by atoms with Crippen LogP contribution in [0.4, 0.5) is 0 Å². The maximum atomic E-state index is 13.4. The Balaban J connectivity index is 1.55. The van der Waals surface area contributed by atoms with E-state index in [9.17, 15) is 18.0 Å². The Morgan fingerprint density at radius 2 is 1.50 bits per heavy atom. The zero-order valence-corrected chi connectivity index (χ0v) is 24.0. The van der Waals surface area contributed by atoms with Crippen molar-refractivity contribution in [3.63, 3.8) is 0 Å². The summed E-state index contributed by atoms with van der Waals surface area (Å²) in [5.74, 6) is -0.332. The number of hydrogen-bond donors (Lipinski definition) is 3. The van der Waals surface area contributed by atoms with Gasteiger partial charge in [-0.05, 0) is 70.6 Å². The van der Waals surface area contributed by atoms with Gasteiger partial charge in [0.1, 0.15) is 0 Å². The van der Waals surface area contributed by atoms with E-state index in [0.717, 1.165) is 27.8 Å². The first-order chi connectivity index (χ1) is 20.2. The lowest BCUT2D eigenvalue weighted by atomic mass is 10.0. The van der Waals surface area contributed by atoms with E-state index in [1.54, 1.807) is 35.3 Å². The molecule has 0 unspecified atom stereocenters. The van der Waals surface area contributed by atoms with E-state index in [1.807, 2.05) is 72.8 Å². The van der Waals surface area contributed by atoms with Crippen molar-refractivity contribution in [3.8, 4) is 11.1 Å². The summed E-state index contributed by atoms with van der Waals surface area (Å²) in [5.41, 5.74) is 10.6. The molecular formula is C33H34N4O4S. The third-order valence-corrected chi connectivity index (χ3v) is 7.57. The minimum absolute atomic E-state index is 0.0442. The molecule has 0 heterocycles. The van der Waals surface area contributed by atoms with Crippen molar-refractivity contribution in [3.05, 3.63) is 131 Å². The Labute approximate surface area is 246 Å².